The van der Waals surface area contributed by atoms with E-state index in [1.807, 2.05) is 24.4 Å². The van der Waals surface area contributed by atoms with E-state index in [1.54, 1.807) is 13.3 Å². The minimum Gasteiger partial charge on any atom is -0.480 e. The van der Waals surface area contributed by atoms with Crippen LogP contribution in [0.4, 0.5) is 11.8 Å². The molecule has 0 bridgehead atoms. The summed E-state index contributed by atoms with van der Waals surface area (Å²) in [6.45, 7) is 3.53. The second-order valence-corrected chi connectivity index (χ2v) is 5.54. The van der Waals surface area contributed by atoms with Crippen LogP contribution in [0.25, 0.3) is 0 Å². The summed E-state index contributed by atoms with van der Waals surface area (Å²) in [6, 6.07) is 5.98. The number of piperazine rings is 1. The van der Waals surface area contributed by atoms with E-state index in [1.165, 1.54) is 0 Å². The third-order valence-electron chi connectivity index (χ3n) is 3.43. The van der Waals surface area contributed by atoms with Crippen LogP contribution in [0.3, 0.4) is 0 Å². The van der Waals surface area contributed by atoms with Crippen LogP contribution in [0.2, 0.25) is 0 Å². The molecule has 0 aromatic carbocycles. The highest BCUT2D eigenvalue weighted by Gasteiger charge is 2.20. The lowest BCUT2D eigenvalue weighted by Gasteiger charge is -2.35. The van der Waals surface area contributed by atoms with E-state index in [0.717, 1.165) is 36.5 Å². The van der Waals surface area contributed by atoms with Gasteiger partial charge in [0.2, 0.25) is 11.8 Å². The topological polar surface area (TPSA) is 54.4 Å². The van der Waals surface area contributed by atoms with Gasteiger partial charge in [0.1, 0.15) is 5.82 Å². The summed E-state index contributed by atoms with van der Waals surface area (Å²) in [4.78, 5) is 17.6. The first-order valence-electron chi connectivity index (χ1n) is 6.75. The standard InChI is InChI=1S/C14H16BrN5O/c1-21-13-11(15)10-17-14(18-13)20-8-6-19(7-9-20)12-4-2-3-5-16-12/h2-5,10H,6-9H2,1H3. The Morgan fingerprint density at radius 2 is 1.86 bits per heavy atom. The van der Waals surface area contributed by atoms with Crippen LogP contribution in [0.1, 0.15) is 0 Å². The largest absolute Gasteiger partial charge is 0.480 e. The van der Waals surface area contributed by atoms with Crippen molar-refractivity contribution in [3.63, 3.8) is 0 Å². The molecule has 0 N–H and O–H groups in total. The van der Waals surface area contributed by atoms with Crippen LogP contribution in [0.5, 0.6) is 5.88 Å². The first-order valence-corrected chi connectivity index (χ1v) is 7.54. The fourth-order valence-electron chi connectivity index (χ4n) is 2.31. The van der Waals surface area contributed by atoms with Crippen LogP contribution in [-0.4, -0.2) is 48.2 Å². The van der Waals surface area contributed by atoms with E-state index in [2.05, 4.69) is 40.7 Å². The molecule has 0 amide bonds. The van der Waals surface area contributed by atoms with E-state index in [0.29, 0.717) is 11.8 Å². The van der Waals surface area contributed by atoms with E-state index < -0.39 is 0 Å². The summed E-state index contributed by atoms with van der Waals surface area (Å²) in [5.41, 5.74) is 0. The SMILES string of the molecule is COc1nc(N2CCN(c3ccccn3)CC2)ncc1Br. The second kappa shape index (κ2) is 6.26. The maximum atomic E-state index is 5.22. The van der Waals surface area contributed by atoms with Gasteiger partial charge in [0.25, 0.3) is 0 Å². The Morgan fingerprint density at radius 1 is 1.10 bits per heavy atom. The number of aromatic nitrogens is 3. The molecule has 21 heavy (non-hydrogen) atoms. The number of hydrogen-bond acceptors (Lipinski definition) is 6. The molecule has 3 rings (SSSR count). The minimum absolute atomic E-state index is 0.562. The van der Waals surface area contributed by atoms with Gasteiger partial charge < -0.3 is 14.5 Å². The van der Waals surface area contributed by atoms with Gasteiger partial charge in [-0.2, -0.15) is 4.98 Å². The normalized spacial score (nSPS) is 15.1. The number of methoxy groups -OCH3 is 1. The first-order chi connectivity index (χ1) is 10.3. The van der Waals surface area contributed by atoms with Crippen LogP contribution in [0.15, 0.2) is 35.1 Å². The molecule has 0 atom stereocenters. The third kappa shape index (κ3) is 3.07. The van der Waals surface area contributed by atoms with Crippen molar-refractivity contribution in [3.05, 3.63) is 35.1 Å². The van der Waals surface area contributed by atoms with Crippen molar-refractivity contribution >= 4 is 27.7 Å². The van der Waals surface area contributed by atoms with Gasteiger partial charge in [-0.25, -0.2) is 9.97 Å². The Balaban J connectivity index is 1.68. The van der Waals surface area contributed by atoms with Gasteiger partial charge >= 0.3 is 0 Å². The lowest BCUT2D eigenvalue weighted by molar-refractivity contribution is 0.393. The molecular weight excluding hydrogens is 334 g/mol. The molecule has 110 valence electrons. The maximum Gasteiger partial charge on any atom is 0.232 e. The van der Waals surface area contributed by atoms with Crippen molar-refractivity contribution in [1.82, 2.24) is 15.0 Å². The molecule has 0 spiro atoms. The number of nitrogens with zero attached hydrogens (tertiary/aromatic N) is 5. The molecule has 1 fully saturated rings. The number of ether oxygens (including phenoxy) is 1. The average molecular weight is 350 g/mol. The summed E-state index contributed by atoms with van der Waals surface area (Å²) in [5, 5.41) is 0. The van der Waals surface area contributed by atoms with Crippen molar-refractivity contribution < 1.29 is 4.74 Å². The zero-order valence-corrected chi connectivity index (χ0v) is 13.3. The van der Waals surface area contributed by atoms with Crippen molar-refractivity contribution in [1.29, 1.82) is 0 Å². The van der Waals surface area contributed by atoms with E-state index in [-0.39, 0.29) is 0 Å². The molecule has 1 saturated heterocycles. The van der Waals surface area contributed by atoms with Crippen LogP contribution >= 0.6 is 15.9 Å². The number of rotatable bonds is 3. The summed E-state index contributed by atoms with van der Waals surface area (Å²) >= 11 is 3.37. The number of pyridine rings is 1. The van der Waals surface area contributed by atoms with E-state index in [9.17, 15) is 0 Å². The van der Waals surface area contributed by atoms with Crippen LogP contribution in [0, 0.1) is 0 Å². The van der Waals surface area contributed by atoms with E-state index in [4.69, 9.17) is 4.74 Å². The Hall–Kier alpha value is -1.89. The smallest absolute Gasteiger partial charge is 0.232 e. The third-order valence-corrected chi connectivity index (χ3v) is 3.97. The molecule has 2 aromatic rings. The Morgan fingerprint density at radius 3 is 2.52 bits per heavy atom. The molecule has 0 aliphatic carbocycles. The monoisotopic (exact) mass is 349 g/mol. The molecule has 1 aliphatic heterocycles. The molecule has 7 heteroatoms. The summed E-state index contributed by atoms with van der Waals surface area (Å²) < 4.78 is 5.99. The van der Waals surface area contributed by atoms with Gasteiger partial charge in [-0.1, -0.05) is 6.07 Å². The van der Waals surface area contributed by atoms with E-state index >= 15 is 0 Å². The first kappa shape index (κ1) is 14.1. The van der Waals surface area contributed by atoms with Crippen molar-refractivity contribution in [2.45, 2.75) is 0 Å². The summed E-state index contributed by atoms with van der Waals surface area (Å²) in [6.07, 6.45) is 3.55. The molecule has 0 radical (unpaired) electrons. The fourth-order valence-corrected chi connectivity index (χ4v) is 2.67. The molecular formula is C14H16BrN5O. The average Bonchev–Trinajstić information content (AvgIpc) is 2.56. The number of hydrogen-bond donors (Lipinski definition) is 0. The quantitative estimate of drug-likeness (QED) is 0.844. The summed E-state index contributed by atoms with van der Waals surface area (Å²) in [7, 11) is 1.61. The van der Waals surface area contributed by atoms with Gasteiger partial charge in [0.15, 0.2) is 0 Å². The van der Waals surface area contributed by atoms with Gasteiger partial charge in [-0.15, -0.1) is 0 Å². The Kier molecular flexibility index (Phi) is 4.19. The fraction of sp³-hybridized carbons (Fsp3) is 0.357. The zero-order valence-electron chi connectivity index (χ0n) is 11.7. The highest BCUT2D eigenvalue weighted by Crippen LogP contribution is 2.24. The lowest BCUT2D eigenvalue weighted by Crippen LogP contribution is -2.47. The summed E-state index contributed by atoms with van der Waals surface area (Å²) in [5.74, 6) is 2.29. The van der Waals surface area contributed by atoms with Gasteiger partial charge in [-0.3, -0.25) is 0 Å². The molecule has 0 unspecified atom stereocenters. The van der Waals surface area contributed by atoms with Crippen molar-refractivity contribution in [2.24, 2.45) is 0 Å². The predicted molar refractivity (Wildman–Crippen MR) is 84.9 cm³/mol. The van der Waals surface area contributed by atoms with Gasteiger partial charge in [0.05, 0.1) is 17.8 Å². The Labute approximate surface area is 131 Å². The Bertz CT molecular complexity index is 602. The molecule has 1 aliphatic rings. The maximum absolute atomic E-state index is 5.22. The van der Waals surface area contributed by atoms with Crippen molar-refractivity contribution in [3.8, 4) is 5.88 Å². The number of anilines is 2. The highest BCUT2D eigenvalue weighted by atomic mass is 79.9. The minimum atomic E-state index is 0.562. The molecule has 6 nitrogen and oxygen atoms in total. The zero-order chi connectivity index (χ0) is 14.7. The van der Waals surface area contributed by atoms with Crippen LogP contribution < -0.4 is 14.5 Å². The molecule has 0 saturated carbocycles. The lowest BCUT2D eigenvalue weighted by atomic mass is 10.3. The van der Waals surface area contributed by atoms with Crippen LogP contribution in [-0.2, 0) is 0 Å². The molecule has 3 heterocycles. The highest BCUT2D eigenvalue weighted by molar-refractivity contribution is 9.10. The van der Waals surface area contributed by atoms with Gasteiger partial charge in [0, 0.05) is 32.4 Å². The van der Waals surface area contributed by atoms with Crippen molar-refractivity contribution in [2.75, 3.05) is 43.1 Å². The number of halogens is 1. The predicted octanol–water partition coefficient (Wildman–Crippen LogP) is 1.97. The molecule has 2 aromatic heterocycles. The second-order valence-electron chi connectivity index (χ2n) is 4.69. The van der Waals surface area contributed by atoms with Gasteiger partial charge in [-0.05, 0) is 28.1 Å².